The number of hydrogen-bond acceptors (Lipinski definition) is 4. The van der Waals surface area contributed by atoms with Gasteiger partial charge in [-0.15, -0.1) is 0 Å². The van der Waals surface area contributed by atoms with E-state index in [0.29, 0.717) is 11.7 Å². The average molecular weight is 272 g/mol. The van der Waals surface area contributed by atoms with Crippen molar-refractivity contribution in [3.63, 3.8) is 0 Å². The molecular weight excluding hydrogens is 252 g/mol. The van der Waals surface area contributed by atoms with Crippen LogP contribution in [0, 0.1) is 0 Å². The molecule has 2 aliphatic heterocycles. The van der Waals surface area contributed by atoms with Crippen molar-refractivity contribution in [3.05, 3.63) is 0 Å². The number of thioether (sulfide) groups is 1. The summed E-state index contributed by atoms with van der Waals surface area (Å²) >= 11 is 1.91. The molecule has 2 saturated heterocycles. The Morgan fingerprint density at radius 3 is 3.06 bits per heavy atom. The summed E-state index contributed by atoms with van der Waals surface area (Å²) in [5.41, 5.74) is -0.102. The second kappa shape index (κ2) is 5.38. The maximum atomic E-state index is 11.4. The monoisotopic (exact) mass is 272 g/mol. The first kappa shape index (κ1) is 13.5. The molecule has 2 aliphatic rings. The Bertz CT molecular complexity index is 350. The summed E-state index contributed by atoms with van der Waals surface area (Å²) in [7, 11) is 1.42. The molecule has 2 heterocycles. The molecule has 0 aromatic heterocycles. The van der Waals surface area contributed by atoms with E-state index in [4.69, 9.17) is 0 Å². The van der Waals surface area contributed by atoms with Crippen molar-refractivity contribution in [2.75, 3.05) is 12.9 Å². The number of ether oxygens (including phenoxy) is 1. The summed E-state index contributed by atoms with van der Waals surface area (Å²) in [5, 5.41) is 6.45. The molecule has 2 fully saturated rings. The van der Waals surface area contributed by atoms with Crippen LogP contribution in [0.25, 0.3) is 0 Å². The zero-order valence-corrected chi connectivity index (χ0v) is 11.6. The number of unbranched alkanes of at least 4 members (excludes halogenated alkanes) is 1. The van der Waals surface area contributed by atoms with E-state index >= 15 is 0 Å². The maximum Gasteiger partial charge on any atom is 0.315 e. The highest BCUT2D eigenvalue weighted by Gasteiger charge is 2.51. The van der Waals surface area contributed by atoms with Crippen LogP contribution in [-0.2, 0) is 9.53 Å². The molecule has 2 amide bonds. The molecule has 102 valence electrons. The molecule has 0 spiro atoms. The fourth-order valence-corrected chi connectivity index (χ4v) is 4.35. The quantitative estimate of drug-likeness (QED) is 0.449. The number of urea groups is 1. The normalized spacial score (nSPS) is 33.8. The summed E-state index contributed by atoms with van der Waals surface area (Å²) in [6.45, 7) is 2.09. The van der Waals surface area contributed by atoms with Gasteiger partial charge in [0.1, 0.15) is 0 Å². The van der Waals surface area contributed by atoms with Crippen molar-refractivity contribution < 1.29 is 14.3 Å². The fourth-order valence-electron chi connectivity index (χ4n) is 2.65. The van der Waals surface area contributed by atoms with Gasteiger partial charge in [-0.25, -0.2) is 4.79 Å². The molecule has 2 N–H and O–H groups in total. The molecule has 0 aliphatic carbocycles. The lowest BCUT2D eigenvalue weighted by molar-refractivity contribution is -0.140. The first-order valence-corrected chi connectivity index (χ1v) is 7.37. The lowest BCUT2D eigenvalue weighted by atomic mass is 9.92. The van der Waals surface area contributed by atoms with Gasteiger partial charge in [0.05, 0.1) is 18.7 Å². The van der Waals surface area contributed by atoms with Crippen molar-refractivity contribution in [3.8, 4) is 0 Å². The Hall–Kier alpha value is -0.910. The number of fused-ring (bicyclic) bond motifs is 1. The summed E-state index contributed by atoms with van der Waals surface area (Å²) in [6.07, 6.45) is 3.37. The van der Waals surface area contributed by atoms with Crippen LogP contribution in [0.1, 0.15) is 32.6 Å². The molecule has 5 nitrogen and oxygen atoms in total. The van der Waals surface area contributed by atoms with E-state index in [1.807, 2.05) is 11.8 Å². The molecule has 3 atom stereocenters. The van der Waals surface area contributed by atoms with Crippen LogP contribution in [0.2, 0.25) is 0 Å². The molecule has 1 unspecified atom stereocenters. The van der Waals surface area contributed by atoms with Crippen LogP contribution in [0.4, 0.5) is 4.79 Å². The van der Waals surface area contributed by atoms with Gasteiger partial charge in [-0.3, -0.25) is 4.79 Å². The van der Waals surface area contributed by atoms with Crippen molar-refractivity contribution >= 4 is 23.8 Å². The molecule has 2 rings (SSSR count). The SMILES string of the molecule is COC(=O)CCCC[C@@H]1SC[C@]2(C)NC(=O)NC12. The van der Waals surface area contributed by atoms with E-state index in [2.05, 4.69) is 22.3 Å². The molecule has 0 aromatic carbocycles. The number of hydrogen-bond donors (Lipinski definition) is 2. The number of rotatable bonds is 5. The Balaban J connectivity index is 1.74. The standard InChI is InChI=1S/C12H20N2O3S/c1-12-7-18-8(10(12)13-11(16)14-12)5-3-4-6-9(15)17-2/h8,10H,3-7H2,1-2H3,(H2,13,14,16)/t8-,10?,12-/m0/s1. The van der Waals surface area contributed by atoms with Gasteiger partial charge in [-0.05, 0) is 19.8 Å². The third-order valence-corrected chi connectivity index (χ3v) is 5.39. The highest BCUT2D eigenvalue weighted by Crippen LogP contribution is 2.39. The van der Waals surface area contributed by atoms with Crippen molar-refractivity contribution in [2.24, 2.45) is 0 Å². The van der Waals surface area contributed by atoms with Gasteiger partial charge in [0, 0.05) is 17.4 Å². The summed E-state index contributed by atoms with van der Waals surface area (Å²) in [5.74, 6) is 0.813. The minimum absolute atomic E-state index is 0.0534. The summed E-state index contributed by atoms with van der Waals surface area (Å²) < 4.78 is 4.61. The molecule has 6 heteroatoms. The van der Waals surface area contributed by atoms with E-state index in [1.165, 1.54) is 7.11 Å². The smallest absolute Gasteiger partial charge is 0.315 e. The number of carbonyl (C=O) groups excluding carboxylic acids is 2. The van der Waals surface area contributed by atoms with E-state index in [1.54, 1.807) is 0 Å². The Morgan fingerprint density at radius 2 is 2.33 bits per heavy atom. The van der Waals surface area contributed by atoms with E-state index < -0.39 is 0 Å². The number of esters is 1. The predicted octanol–water partition coefficient (Wildman–Crippen LogP) is 1.28. The maximum absolute atomic E-state index is 11.4. The second-order valence-electron chi connectivity index (χ2n) is 5.16. The Kier molecular flexibility index (Phi) is 4.04. The summed E-state index contributed by atoms with van der Waals surface area (Å²) in [6, 6.07) is 0.162. The van der Waals surface area contributed by atoms with Crippen LogP contribution in [-0.4, -0.2) is 41.7 Å². The number of nitrogens with one attached hydrogen (secondary N) is 2. The van der Waals surface area contributed by atoms with Crippen molar-refractivity contribution in [1.29, 1.82) is 0 Å². The highest BCUT2D eigenvalue weighted by atomic mass is 32.2. The Morgan fingerprint density at radius 1 is 1.56 bits per heavy atom. The lowest BCUT2D eigenvalue weighted by Crippen LogP contribution is -2.47. The van der Waals surface area contributed by atoms with E-state index in [9.17, 15) is 9.59 Å². The first-order chi connectivity index (χ1) is 8.55. The van der Waals surface area contributed by atoms with Crippen LogP contribution >= 0.6 is 11.8 Å². The third-order valence-electron chi connectivity index (χ3n) is 3.69. The van der Waals surface area contributed by atoms with Crippen LogP contribution in [0.15, 0.2) is 0 Å². The predicted molar refractivity (Wildman–Crippen MR) is 70.6 cm³/mol. The van der Waals surface area contributed by atoms with Crippen LogP contribution < -0.4 is 10.6 Å². The Labute approximate surface area is 111 Å². The molecule has 0 radical (unpaired) electrons. The topological polar surface area (TPSA) is 67.4 Å². The van der Waals surface area contributed by atoms with Gasteiger partial charge in [0.25, 0.3) is 0 Å². The zero-order valence-electron chi connectivity index (χ0n) is 10.8. The van der Waals surface area contributed by atoms with Gasteiger partial charge in [0.2, 0.25) is 0 Å². The van der Waals surface area contributed by atoms with Gasteiger partial charge < -0.3 is 15.4 Å². The number of carbonyl (C=O) groups is 2. The summed E-state index contributed by atoms with van der Waals surface area (Å²) in [4.78, 5) is 22.4. The minimum atomic E-state index is -0.144. The second-order valence-corrected chi connectivity index (χ2v) is 6.39. The molecule has 0 bridgehead atoms. The largest absolute Gasteiger partial charge is 0.469 e. The number of methoxy groups -OCH3 is 1. The van der Waals surface area contributed by atoms with Gasteiger partial charge in [0.15, 0.2) is 0 Å². The third kappa shape index (κ3) is 2.74. The van der Waals surface area contributed by atoms with Crippen LogP contribution in [0.3, 0.4) is 0 Å². The molecule has 0 aromatic rings. The fraction of sp³-hybridized carbons (Fsp3) is 0.833. The molecular formula is C12H20N2O3S. The van der Waals surface area contributed by atoms with Gasteiger partial charge in [-0.2, -0.15) is 11.8 Å². The average Bonchev–Trinajstić information content (AvgIpc) is 2.77. The van der Waals surface area contributed by atoms with Crippen molar-refractivity contribution in [2.45, 2.75) is 49.4 Å². The van der Waals surface area contributed by atoms with Crippen LogP contribution in [0.5, 0.6) is 0 Å². The minimum Gasteiger partial charge on any atom is -0.469 e. The zero-order chi connectivity index (χ0) is 13.2. The van der Waals surface area contributed by atoms with E-state index in [0.717, 1.165) is 25.0 Å². The van der Waals surface area contributed by atoms with E-state index in [-0.39, 0.29) is 23.6 Å². The van der Waals surface area contributed by atoms with Crippen molar-refractivity contribution in [1.82, 2.24) is 10.6 Å². The molecule has 0 saturated carbocycles. The molecule has 18 heavy (non-hydrogen) atoms. The first-order valence-electron chi connectivity index (χ1n) is 6.32. The lowest BCUT2D eigenvalue weighted by Gasteiger charge is -2.23. The van der Waals surface area contributed by atoms with Gasteiger partial charge >= 0.3 is 12.0 Å². The number of amides is 2. The highest BCUT2D eigenvalue weighted by molar-refractivity contribution is 8.00. The van der Waals surface area contributed by atoms with Gasteiger partial charge in [-0.1, -0.05) is 6.42 Å².